The van der Waals surface area contributed by atoms with E-state index in [0.29, 0.717) is 18.9 Å². The molecule has 0 aromatic heterocycles. The summed E-state index contributed by atoms with van der Waals surface area (Å²) in [4.78, 5) is 11.7. The van der Waals surface area contributed by atoms with Gasteiger partial charge in [-0.15, -0.1) is 0 Å². The van der Waals surface area contributed by atoms with Gasteiger partial charge in [-0.05, 0) is 61.5 Å². The number of esters is 1. The Hall–Kier alpha value is -1.49. The summed E-state index contributed by atoms with van der Waals surface area (Å²) in [6.45, 7) is 15.6. The maximum absolute atomic E-state index is 11.7. The van der Waals surface area contributed by atoms with Crippen molar-refractivity contribution in [1.29, 1.82) is 0 Å². The number of rotatable bonds is 10. The van der Waals surface area contributed by atoms with E-state index >= 15 is 0 Å². The molecule has 0 fully saturated rings. The Bertz CT molecular complexity index is 605. The van der Waals surface area contributed by atoms with Crippen LogP contribution in [0, 0.1) is 5.92 Å². The maximum Gasteiger partial charge on any atom is 0.306 e. The van der Waals surface area contributed by atoms with Crippen LogP contribution in [-0.2, 0) is 16.0 Å². The molecule has 0 radical (unpaired) electrons. The number of carbonyl (C=O) groups is 1. The fraction of sp³-hybridized carbons (Fsp3) is 0.682. The molecule has 5 heteroatoms. The zero-order valence-corrected chi connectivity index (χ0v) is 19.5. The van der Waals surface area contributed by atoms with Crippen LogP contribution >= 0.6 is 0 Å². The van der Waals surface area contributed by atoms with Crippen LogP contribution in [0.1, 0.15) is 59.4 Å². The van der Waals surface area contributed by atoms with Crippen molar-refractivity contribution >= 4 is 14.3 Å². The van der Waals surface area contributed by atoms with Crippen molar-refractivity contribution in [3.8, 4) is 11.5 Å². The summed E-state index contributed by atoms with van der Waals surface area (Å²) in [7, 11) is -0.223. The number of methoxy groups -OCH3 is 1. The van der Waals surface area contributed by atoms with Gasteiger partial charge in [0.05, 0.1) is 13.7 Å². The average Bonchev–Trinajstić information content (AvgIpc) is 2.58. The first-order chi connectivity index (χ1) is 12.5. The third kappa shape index (κ3) is 7.21. The molecule has 1 rings (SSSR count). The van der Waals surface area contributed by atoms with Gasteiger partial charge in [-0.25, -0.2) is 0 Å². The Morgan fingerprint density at radius 1 is 1.15 bits per heavy atom. The lowest BCUT2D eigenvalue weighted by Crippen LogP contribution is -2.43. The van der Waals surface area contributed by atoms with Crippen LogP contribution < -0.4 is 9.16 Å². The molecule has 1 aromatic rings. The zero-order valence-electron chi connectivity index (χ0n) is 18.5. The SMILES string of the molecule is CCOC(=O)CC(CC)CCc1ccc(O[Si](C)(C)C(C)(C)C)c(OC)c1. The van der Waals surface area contributed by atoms with Crippen molar-refractivity contribution in [3.05, 3.63) is 23.8 Å². The lowest BCUT2D eigenvalue weighted by Gasteiger charge is -2.36. The zero-order chi connectivity index (χ0) is 20.7. The highest BCUT2D eigenvalue weighted by Gasteiger charge is 2.39. The van der Waals surface area contributed by atoms with E-state index in [1.165, 1.54) is 5.56 Å². The van der Waals surface area contributed by atoms with E-state index in [9.17, 15) is 4.79 Å². The molecule has 0 N–H and O–H groups in total. The fourth-order valence-electron chi connectivity index (χ4n) is 2.66. The summed E-state index contributed by atoms with van der Waals surface area (Å²) < 4.78 is 17.1. The van der Waals surface area contributed by atoms with Crippen LogP contribution in [0.2, 0.25) is 18.1 Å². The standard InChI is InChI=1S/C22H38O4Si/c1-9-17(16-21(23)25-10-2)11-12-18-13-14-19(20(15-18)24-6)26-27(7,8)22(3,4)5/h13-15,17H,9-12,16H2,1-8H3. The largest absolute Gasteiger partial charge is 0.541 e. The quantitative estimate of drug-likeness (QED) is 0.361. The van der Waals surface area contributed by atoms with Gasteiger partial charge < -0.3 is 13.9 Å². The summed E-state index contributed by atoms with van der Waals surface area (Å²) in [5, 5.41) is 0.137. The van der Waals surface area contributed by atoms with E-state index in [2.05, 4.69) is 52.9 Å². The van der Waals surface area contributed by atoms with Crippen molar-refractivity contribution in [3.63, 3.8) is 0 Å². The molecule has 1 unspecified atom stereocenters. The van der Waals surface area contributed by atoms with Crippen LogP contribution in [0.3, 0.4) is 0 Å². The number of hydrogen-bond donors (Lipinski definition) is 0. The molecule has 1 atom stereocenters. The molecule has 4 nitrogen and oxygen atoms in total. The van der Waals surface area contributed by atoms with Gasteiger partial charge in [-0.3, -0.25) is 4.79 Å². The van der Waals surface area contributed by atoms with Crippen molar-refractivity contribution in [2.75, 3.05) is 13.7 Å². The average molecular weight is 395 g/mol. The third-order valence-corrected chi connectivity index (χ3v) is 9.92. The molecule has 0 aliphatic rings. The minimum absolute atomic E-state index is 0.0972. The predicted octanol–water partition coefficient (Wildman–Crippen LogP) is 5.99. The van der Waals surface area contributed by atoms with Gasteiger partial charge in [0.25, 0.3) is 8.32 Å². The van der Waals surface area contributed by atoms with E-state index in [-0.39, 0.29) is 11.0 Å². The number of ether oxygens (including phenoxy) is 2. The Morgan fingerprint density at radius 3 is 2.33 bits per heavy atom. The lowest BCUT2D eigenvalue weighted by molar-refractivity contribution is -0.144. The summed E-state index contributed by atoms with van der Waals surface area (Å²) in [5.74, 6) is 1.86. The molecule has 0 saturated carbocycles. The highest BCUT2D eigenvalue weighted by molar-refractivity contribution is 6.74. The second-order valence-corrected chi connectivity index (χ2v) is 13.4. The normalized spacial score (nSPS) is 13.2. The topological polar surface area (TPSA) is 44.8 Å². The minimum Gasteiger partial charge on any atom is -0.541 e. The number of carbonyl (C=O) groups excluding carboxylic acids is 1. The van der Waals surface area contributed by atoms with Gasteiger partial charge in [0.15, 0.2) is 5.75 Å². The molecule has 1 aromatic carbocycles. The molecule has 0 spiro atoms. The molecule has 154 valence electrons. The first-order valence-electron chi connectivity index (χ1n) is 10.1. The second kappa shape index (κ2) is 10.2. The summed E-state index contributed by atoms with van der Waals surface area (Å²) in [6.07, 6.45) is 3.34. The highest BCUT2D eigenvalue weighted by atomic mass is 28.4. The lowest BCUT2D eigenvalue weighted by atomic mass is 9.94. The van der Waals surface area contributed by atoms with Gasteiger partial charge in [0.2, 0.25) is 0 Å². The maximum atomic E-state index is 11.7. The Kier molecular flexibility index (Phi) is 8.86. The van der Waals surface area contributed by atoms with E-state index in [1.54, 1.807) is 7.11 Å². The van der Waals surface area contributed by atoms with Crippen molar-refractivity contribution in [1.82, 2.24) is 0 Å². The number of aryl methyl sites for hydroxylation is 1. The van der Waals surface area contributed by atoms with Crippen molar-refractivity contribution < 1.29 is 18.7 Å². The fourth-order valence-corrected chi connectivity index (χ4v) is 3.68. The Labute approximate surface area is 166 Å². The van der Waals surface area contributed by atoms with Gasteiger partial charge in [0.1, 0.15) is 5.75 Å². The van der Waals surface area contributed by atoms with E-state index < -0.39 is 8.32 Å². The smallest absolute Gasteiger partial charge is 0.306 e. The second-order valence-electron chi connectivity index (χ2n) is 8.67. The van der Waals surface area contributed by atoms with Crippen molar-refractivity contribution in [2.45, 2.75) is 78.4 Å². The molecule has 27 heavy (non-hydrogen) atoms. The molecule has 0 aliphatic carbocycles. The first-order valence-corrected chi connectivity index (χ1v) is 13.0. The van der Waals surface area contributed by atoms with Crippen molar-refractivity contribution in [2.24, 2.45) is 5.92 Å². The van der Waals surface area contributed by atoms with Crippen LogP contribution in [0.15, 0.2) is 18.2 Å². The van der Waals surface area contributed by atoms with Gasteiger partial charge in [0, 0.05) is 6.42 Å². The summed E-state index contributed by atoms with van der Waals surface area (Å²) in [6, 6.07) is 6.21. The van der Waals surface area contributed by atoms with Gasteiger partial charge in [-0.1, -0.05) is 40.2 Å². The Morgan fingerprint density at radius 2 is 1.81 bits per heavy atom. The first kappa shape index (κ1) is 23.5. The molecule has 0 heterocycles. The van der Waals surface area contributed by atoms with Crippen LogP contribution in [0.4, 0.5) is 0 Å². The summed E-state index contributed by atoms with van der Waals surface area (Å²) in [5.41, 5.74) is 1.21. The molecule has 0 saturated heterocycles. The van der Waals surface area contributed by atoms with E-state index in [1.807, 2.05) is 13.0 Å². The van der Waals surface area contributed by atoms with E-state index in [0.717, 1.165) is 30.8 Å². The number of benzene rings is 1. The predicted molar refractivity (Wildman–Crippen MR) is 114 cm³/mol. The molecule has 0 aliphatic heterocycles. The summed E-state index contributed by atoms with van der Waals surface area (Å²) >= 11 is 0. The molecule has 0 amide bonds. The molecule has 0 bridgehead atoms. The van der Waals surface area contributed by atoms with Crippen LogP contribution in [0.25, 0.3) is 0 Å². The molecular weight excluding hydrogens is 356 g/mol. The molecular formula is C22H38O4Si. The minimum atomic E-state index is -1.91. The third-order valence-electron chi connectivity index (χ3n) is 5.58. The van der Waals surface area contributed by atoms with Gasteiger partial charge >= 0.3 is 5.97 Å². The van der Waals surface area contributed by atoms with Gasteiger partial charge in [-0.2, -0.15) is 0 Å². The van der Waals surface area contributed by atoms with Crippen LogP contribution in [-0.4, -0.2) is 28.0 Å². The van der Waals surface area contributed by atoms with Crippen LogP contribution in [0.5, 0.6) is 11.5 Å². The Balaban J connectivity index is 2.80. The van der Waals surface area contributed by atoms with E-state index in [4.69, 9.17) is 13.9 Å². The highest BCUT2D eigenvalue weighted by Crippen LogP contribution is 2.40. The number of hydrogen-bond acceptors (Lipinski definition) is 4. The monoisotopic (exact) mass is 394 g/mol.